The van der Waals surface area contributed by atoms with E-state index in [-0.39, 0.29) is 24.9 Å². The molecule has 5 rings (SSSR count). The van der Waals surface area contributed by atoms with E-state index in [1.54, 1.807) is 65.8 Å². The van der Waals surface area contributed by atoms with E-state index in [0.29, 0.717) is 12.8 Å². The lowest BCUT2D eigenvalue weighted by Gasteiger charge is -2.36. The van der Waals surface area contributed by atoms with Crippen molar-refractivity contribution in [2.75, 3.05) is 6.54 Å². The van der Waals surface area contributed by atoms with Gasteiger partial charge in [0.1, 0.15) is 29.3 Å². The highest BCUT2D eigenvalue weighted by molar-refractivity contribution is 7.91. The van der Waals surface area contributed by atoms with Crippen molar-refractivity contribution < 1.29 is 41.9 Å². The lowest BCUT2D eigenvalue weighted by atomic mass is 9.85. The van der Waals surface area contributed by atoms with Crippen molar-refractivity contribution in [1.29, 1.82) is 0 Å². The predicted octanol–water partition coefficient (Wildman–Crippen LogP) is 4.09. The molecule has 0 spiro atoms. The van der Waals surface area contributed by atoms with Gasteiger partial charge in [0.15, 0.2) is 0 Å². The molecule has 2 saturated carbocycles. The lowest BCUT2D eigenvalue weighted by molar-refractivity contribution is -0.143. The van der Waals surface area contributed by atoms with Crippen LogP contribution < -0.4 is 15.4 Å². The molecule has 14 heteroatoms. The topological polar surface area (TPSA) is 177 Å². The average Bonchev–Trinajstić information content (AvgIpc) is 3.99. The number of nitrogens with one attached hydrogen (secondary N) is 3. The van der Waals surface area contributed by atoms with Gasteiger partial charge in [0.2, 0.25) is 21.8 Å². The Morgan fingerprint density at radius 2 is 1.56 bits per heavy atom. The zero-order valence-corrected chi connectivity index (χ0v) is 31.2. The molecule has 3 fully saturated rings. The summed E-state index contributed by atoms with van der Waals surface area (Å²) >= 11 is 0. The van der Waals surface area contributed by atoms with Crippen LogP contribution in [0.5, 0.6) is 0 Å². The van der Waals surface area contributed by atoms with Gasteiger partial charge in [-0.25, -0.2) is 18.0 Å². The third-order valence-electron chi connectivity index (χ3n) is 9.37. The summed E-state index contributed by atoms with van der Waals surface area (Å²) in [5.41, 5.74) is -1.16. The minimum absolute atomic E-state index is 0.108. The summed E-state index contributed by atoms with van der Waals surface area (Å²) in [7, 11) is -3.92. The minimum Gasteiger partial charge on any atom is -0.457 e. The third kappa shape index (κ3) is 8.83. The molecule has 1 aliphatic heterocycles. The molecule has 3 N–H and O–H groups in total. The first kappa shape index (κ1) is 38.5. The van der Waals surface area contributed by atoms with Gasteiger partial charge < -0.3 is 25.0 Å². The van der Waals surface area contributed by atoms with Crippen molar-refractivity contribution in [2.24, 2.45) is 11.3 Å². The van der Waals surface area contributed by atoms with Gasteiger partial charge in [-0.3, -0.25) is 19.1 Å². The first-order valence-corrected chi connectivity index (χ1v) is 19.0. The average molecular weight is 737 g/mol. The van der Waals surface area contributed by atoms with E-state index < -0.39 is 85.7 Å². The van der Waals surface area contributed by atoms with Crippen LogP contribution in [0.2, 0.25) is 0 Å². The van der Waals surface area contributed by atoms with Crippen LogP contribution in [0.25, 0.3) is 11.1 Å². The molecule has 0 bridgehead atoms. The number of likely N-dealkylation sites (tertiary alicyclic amines) is 1. The van der Waals surface area contributed by atoms with Gasteiger partial charge in [0, 0.05) is 12.3 Å². The van der Waals surface area contributed by atoms with Gasteiger partial charge >= 0.3 is 12.1 Å². The molecule has 52 heavy (non-hydrogen) atoms. The van der Waals surface area contributed by atoms with E-state index in [1.165, 1.54) is 11.0 Å². The van der Waals surface area contributed by atoms with Crippen LogP contribution in [-0.2, 0) is 33.9 Å². The first-order valence-electron chi connectivity index (χ1n) is 17.4. The molecule has 1 saturated heterocycles. The lowest BCUT2D eigenvalue weighted by Crippen LogP contribution is -2.60. The highest BCUT2D eigenvalue weighted by atomic mass is 32.2. The van der Waals surface area contributed by atoms with Crippen LogP contribution in [0.15, 0.2) is 67.3 Å². The van der Waals surface area contributed by atoms with Gasteiger partial charge in [-0.05, 0) is 68.7 Å². The van der Waals surface area contributed by atoms with Crippen molar-refractivity contribution in [3.63, 3.8) is 0 Å². The second-order valence-electron chi connectivity index (χ2n) is 15.8. The van der Waals surface area contributed by atoms with E-state index in [0.717, 1.165) is 11.1 Å². The predicted molar refractivity (Wildman–Crippen MR) is 193 cm³/mol. The number of nitrogens with zero attached hydrogens (tertiary/aromatic N) is 1. The summed E-state index contributed by atoms with van der Waals surface area (Å²) in [6.45, 7) is 13.8. The quantitative estimate of drug-likeness (QED) is 0.227. The SMILES string of the molecule is C=C[C@@H]1C[C@]1(NC(=O)[C@@H]1C[C@@H](OC(=O)c2ccc(-c3ccccc3)cc2)CN1C(=O)[C@@H](NC(=O)OC(C)(C)C)C(C)(C)C)C(=O)NS(=O)(=O)C1CC1. The number of hydrogen-bond acceptors (Lipinski definition) is 9. The number of benzene rings is 2. The molecule has 280 valence electrons. The Hall–Kier alpha value is -4.72. The van der Waals surface area contributed by atoms with Crippen LogP contribution in [0, 0.1) is 11.3 Å². The van der Waals surface area contributed by atoms with Crippen LogP contribution in [0.4, 0.5) is 4.79 Å². The second-order valence-corrected chi connectivity index (χ2v) is 17.8. The number of hydrogen-bond donors (Lipinski definition) is 3. The van der Waals surface area contributed by atoms with E-state index in [1.807, 2.05) is 30.3 Å². The Balaban J connectivity index is 1.39. The van der Waals surface area contributed by atoms with E-state index >= 15 is 0 Å². The summed E-state index contributed by atoms with van der Waals surface area (Å²) in [6, 6.07) is 14.1. The van der Waals surface area contributed by atoms with Gasteiger partial charge in [-0.2, -0.15) is 0 Å². The Morgan fingerprint density at radius 3 is 2.10 bits per heavy atom. The van der Waals surface area contributed by atoms with Crippen LogP contribution in [-0.4, -0.2) is 84.2 Å². The maximum atomic E-state index is 14.3. The third-order valence-corrected chi connectivity index (χ3v) is 11.2. The number of esters is 1. The number of carbonyl (C=O) groups excluding carboxylic acids is 5. The van der Waals surface area contributed by atoms with Crippen molar-refractivity contribution in [3.05, 3.63) is 72.8 Å². The largest absolute Gasteiger partial charge is 0.457 e. The van der Waals surface area contributed by atoms with E-state index in [2.05, 4.69) is 21.9 Å². The summed E-state index contributed by atoms with van der Waals surface area (Å²) in [4.78, 5) is 69.3. The van der Waals surface area contributed by atoms with E-state index in [4.69, 9.17) is 9.47 Å². The molecule has 1 heterocycles. The Morgan fingerprint density at radius 1 is 0.942 bits per heavy atom. The molecule has 3 aliphatic rings. The standard InChI is InChI=1S/C38H48N4O9S/c1-8-26-21-38(26,34(46)41-52(48,49)28-18-19-28)40-31(43)29-20-27(50-33(45)25-16-14-24(15-17-25)23-12-10-9-11-13-23)22-42(29)32(44)30(36(2,3)4)39-35(47)51-37(5,6)7/h8-17,26-30H,1,18-22H2,2-7H3,(H,39,47)(H,40,43)(H,41,46)/t26-,27-,29+,30-,38-/m1/s1. The minimum atomic E-state index is -3.92. The number of alkyl carbamates (subject to hydrolysis) is 1. The molecule has 4 amide bonds. The molecule has 5 atom stereocenters. The van der Waals surface area contributed by atoms with Gasteiger partial charge in [0.25, 0.3) is 5.91 Å². The molecule has 0 unspecified atom stereocenters. The summed E-state index contributed by atoms with van der Waals surface area (Å²) < 4.78 is 38.7. The Labute approximate surface area is 304 Å². The van der Waals surface area contributed by atoms with Gasteiger partial charge in [-0.15, -0.1) is 6.58 Å². The zero-order chi connectivity index (χ0) is 38.2. The van der Waals surface area contributed by atoms with Gasteiger partial charge in [-0.1, -0.05) is 69.3 Å². The van der Waals surface area contributed by atoms with Crippen molar-refractivity contribution in [1.82, 2.24) is 20.3 Å². The molecule has 13 nitrogen and oxygen atoms in total. The monoisotopic (exact) mass is 736 g/mol. The molecular formula is C38H48N4O9S. The normalized spacial score (nSPS) is 23.5. The fraction of sp³-hybridized carbons (Fsp3) is 0.500. The number of rotatable bonds is 11. The van der Waals surface area contributed by atoms with Crippen LogP contribution >= 0.6 is 0 Å². The highest BCUT2D eigenvalue weighted by Gasteiger charge is 2.62. The zero-order valence-electron chi connectivity index (χ0n) is 30.4. The number of carbonyl (C=O) groups is 5. The van der Waals surface area contributed by atoms with E-state index in [9.17, 15) is 32.4 Å². The van der Waals surface area contributed by atoms with Crippen molar-refractivity contribution in [2.45, 2.75) is 102 Å². The van der Waals surface area contributed by atoms with Crippen molar-refractivity contribution in [3.8, 4) is 11.1 Å². The smallest absolute Gasteiger partial charge is 0.408 e. The molecule has 2 aliphatic carbocycles. The number of sulfonamides is 1. The fourth-order valence-electron chi connectivity index (χ4n) is 6.28. The Bertz CT molecular complexity index is 1830. The Kier molecular flexibility index (Phi) is 10.6. The van der Waals surface area contributed by atoms with Crippen LogP contribution in [0.3, 0.4) is 0 Å². The second kappa shape index (κ2) is 14.4. The number of ether oxygens (including phenoxy) is 2. The first-order chi connectivity index (χ1) is 24.2. The summed E-state index contributed by atoms with van der Waals surface area (Å²) in [6.07, 6.45) is 0.572. The van der Waals surface area contributed by atoms with Crippen LogP contribution in [0.1, 0.15) is 77.6 Å². The molecular weight excluding hydrogens is 689 g/mol. The summed E-state index contributed by atoms with van der Waals surface area (Å²) in [5.74, 6) is -3.47. The van der Waals surface area contributed by atoms with Gasteiger partial charge in [0.05, 0.1) is 17.4 Å². The maximum absolute atomic E-state index is 14.3. The molecule has 2 aromatic rings. The molecule has 0 aromatic heterocycles. The van der Waals surface area contributed by atoms with Crippen molar-refractivity contribution >= 4 is 39.8 Å². The molecule has 2 aromatic carbocycles. The fourth-order valence-corrected chi connectivity index (χ4v) is 7.65. The molecule has 0 radical (unpaired) electrons. The maximum Gasteiger partial charge on any atom is 0.408 e. The summed E-state index contributed by atoms with van der Waals surface area (Å²) in [5, 5.41) is 4.71. The number of amides is 4. The highest BCUT2D eigenvalue weighted by Crippen LogP contribution is 2.45.